The molecule has 28 heavy (non-hydrogen) atoms. The van der Waals surface area contributed by atoms with E-state index in [-0.39, 0.29) is 0 Å². The molecule has 0 amide bonds. The lowest BCUT2D eigenvalue weighted by Crippen LogP contribution is -2.23. The molecule has 1 nitrogen and oxygen atoms in total. The Hall–Kier alpha value is -3.01. The Morgan fingerprint density at radius 1 is 0.821 bits per heavy atom. The Bertz CT molecular complexity index is 890. The summed E-state index contributed by atoms with van der Waals surface area (Å²) in [5.74, 6) is 0. The van der Waals surface area contributed by atoms with Crippen LogP contribution in [0.4, 0.5) is 18.9 Å². The lowest BCUT2D eigenvalue weighted by atomic mass is 10.0. The minimum Gasteiger partial charge on any atom is -0.363 e. The number of hydrogen-bond donors (Lipinski definition) is 0. The lowest BCUT2D eigenvalue weighted by molar-refractivity contribution is -0.137. The Balaban J connectivity index is 2.05. The molecule has 0 heterocycles. The van der Waals surface area contributed by atoms with Gasteiger partial charge in [-0.25, -0.2) is 0 Å². The second-order valence-electron chi connectivity index (χ2n) is 6.87. The van der Waals surface area contributed by atoms with E-state index in [1.165, 1.54) is 6.07 Å². The normalized spacial score (nSPS) is 11.3. The average molecular weight is 381 g/mol. The topological polar surface area (TPSA) is 3.24 Å². The van der Waals surface area contributed by atoms with Crippen LogP contribution in [0.3, 0.4) is 0 Å². The molecule has 3 rings (SSSR count). The van der Waals surface area contributed by atoms with E-state index < -0.39 is 11.7 Å². The van der Waals surface area contributed by atoms with Crippen LogP contribution in [-0.4, -0.2) is 0 Å². The molecule has 0 spiro atoms. The number of nitrogens with zero attached hydrogens (tertiary/aromatic N) is 1. The van der Waals surface area contributed by atoms with Crippen LogP contribution in [-0.2, 0) is 19.3 Å². The van der Waals surface area contributed by atoms with E-state index in [1.807, 2.05) is 65.6 Å². The van der Waals surface area contributed by atoms with Crippen molar-refractivity contribution in [1.29, 1.82) is 0 Å². The van der Waals surface area contributed by atoms with Crippen molar-refractivity contribution in [3.8, 4) is 0 Å². The third-order valence-corrected chi connectivity index (χ3v) is 4.54. The first-order valence-corrected chi connectivity index (χ1v) is 9.04. The van der Waals surface area contributed by atoms with Gasteiger partial charge < -0.3 is 4.90 Å². The van der Waals surface area contributed by atoms with Gasteiger partial charge in [0, 0.05) is 18.8 Å². The fourth-order valence-electron chi connectivity index (χ4n) is 3.05. The zero-order valence-corrected chi connectivity index (χ0v) is 15.7. The first-order chi connectivity index (χ1) is 13.3. The summed E-state index contributed by atoms with van der Waals surface area (Å²) < 4.78 is 40.4. The van der Waals surface area contributed by atoms with Crippen LogP contribution in [0, 0.1) is 0 Å². The molecule has 0 fully saturated rings. The van der Waals surface area contributed by atoms with Gasteiger partial charge in [0.15, 0.2) is 0 Å². The molecule has 0 saturated heterocycles. The molecular weight excluding hydrogens is 359 g/mol. The zero-order valence-electron chi connectivity index (χ0n) is 15.7. The predicted molar refractivity (Wildman–Crippen MR) is 109 cm³/mol. The third kappa shape index (κ3) is 5.03. The van der Waals surface area contributed by atoms with Crippen LogP contribution in [0.15, 0.2) is 85.4 Å². The van der Waals surface area contributed by atoms with Crippen LogP contribution in [0.25, 0.3) is 5.57 Å². The summed E-state index contributed by atoms with van der Waals surface area (Å²) in [7, 11) is 0. The number of benzene rings is 3. The second kappa shape index (κ2) is 8.34. The zero-order chi connectivity index (χ0) is 20.1. The lowest BCUT2D eigenvalue weighted by Gasteiger charge is -2.27. The van der Waals surface area contributed by atoms with Crippen LogP contribution in [0.2, 0.25) is 0 Å². The highest BCUT2D eigenvalue weighted by Gasteiger charge is 2.31. The van der Waals surface area contributed by atoms with E-state index in [0.29, 0.717) is 29.9 Å². The molecule has 144 valence electrons. The Labute approximate surface area is 163 Å². The number of alkyl halides is 3. The molecule has 0 atom stereocenters. The maximum atomic E-state index is 13.5. The first kappa shape index (κ1) is 19.7. The molecular formula is C24H22F3N. The van der Waals surface area contributed by atoms with E-state index in [0.717, 1.165) is 17.2 Å². The van der Waals surface area contributed by atoms with Crippen LogP contribution < -0.4 is 4.90 Å². The average Bonchev–Trinajstić information content (AvgIpc) is 2.68. The predicted octanol–water partition coefficient (Wildman–Crippen LogP) is 6.95. The molecule has 0 radical (unpaired) electrons. The Morgan fingerprint density at radius 2 is 1.32 bits per heavy atom. The highest BCUT2D eigenvalue weighted by Crippen LogP contribution is 2.35. The number of allylic oxidation sites excluding steroid dienone is 1. The molecule has 3 aromatic carbocycles. The van der Waals surface area contributed by atoms with Gasteiger partial charge in [0.05, 0.1) is 5.56 Å². The number of halogens is 3. The Kier molecular flexibility index (Phi) is 5.88. The summed E-state index contributed by atoms with van der Waals surface area (Å²) in [6.45, 7) is 6.56. The van der Waals surface area contributed by atoms with E-state index in [2.05, 4.69) is 6.58 Å². The minimum atomic E-state index is -4.41. The molecule has 0 aliphatic heterocycles. The molecule has 0 N–H and O–H groups in total. The van der Waals surface area contributed by atoms with Gasteiger partial charge in [0.2, 0.25) is 0 Å². The number of rotatable bonds is 6. The van der Waals surface area contributed by atoms with Gasteiger partial charge in [-0.15, -0.1) is 0 Å². The summed E-state index contributed by atoms with van der Waals surface area (Å²) in [5.41, 5.74) is 3.04. The van der Waals surface area contributed by atoms with E-state index in [9.17, 15) is 13.2 Å². The van der Waals surface area contributed by atoms with Gasteiger partial charge in [0.1, 0.15) is 0 Å². The largest absolute Gasteiger partial charge is 0.416 e. The van der Waals surface area contributed by atoms with Crippen molar-refractivity contribution < 1.29 is 13.2 Å². The van der Waals surface area contributed by atoms with Crippen molar-refractivity contribution in [2.24, 2.45) is 0 Å². The van der Waals surface area contributed by atoms with Crippen molar-refractivity contribution in [1.82, 2.24) is 0 Å². The summed E-state index contributed by atoms with van der Waals surface area (Å²) in [4.78, 5) is 1.96. The summed E-state index contributed by atoms with van der Waals surface area (Å²) >= 11 is 0. The SMILES string of the molecule is C=C(C)c1cc(N(Cc2ccccc2)Cc2ccccc2)cc(C(F)(F)F)c1. The van der Waals surface area contributed by atoms with Crippen molar-refractivity contribution in [2.45, 2.75) is 26.2 Å². The maximum absolute atomic E-state index is 13.5. The molecule has 0 saturated carbocycles. The summed E-state index contributed by atoms with van der Waals surface area (Å²) in [5, 5.41) is 0. The quantitative estimate of drug-likeness (QED) is 0.447. The molecule has 0 aliphatic rings. The van der Waals surface area contributed by atoms with Crippen molar-refractivity contribution in [3.63, 3.8) is 0 Å². The molecule has 3 aromatic rings. The van der Waals surface area contributed by atoms with E-state index >= 15 is 0 Å². The molecule has 0 unspecified atom stereocenters. The van der Waals surface area contributed by atoms with Gasteiger partial charge in [-0.2, -0.15) is 13.2 Å². The van der Waals surface area contributed by atoms with E-state index in [4.69, 9.17) is 0 Å². The van der Waals surface area contributed by atoms with Gasteiger partial charge in [-0.05, 0) is 41.8 Å². The van der Waals surface area contributed by atoms with Crippen LogP contribution >= 0.6 is 0 Å². The van der Waals surface area contributed by atoms with E-state index in [1.54, 1.807) is 13.0 Å². The van der Waals surface area contributed by atoms with Gasteiger partial charge >= 0.3 is 6.18 Å². The maximum Gasteiger partial charge on any atom is 0.416 e. The van der Waals surface area contributed by atoms with Crippen molar-refractivity contribution in [3.05, 3.63) is 108 Å². The summed E-state index contributed by atoms with van der Waals surface area (Å²) in [6.07, 6.45) is -4.41. The van der Waals surface area contributed by atoms with Crippen LogP contribution in [0.5, 0.6) is 0 Å². The smallest absolute Gasteiger partial charge is 0.363 e. The standard InChI is InChI=1S/C24H22F3N/c1-18(2)21-13-22(24(25,26)27)15-23(14-21)28(16-19-9-5-3-6-10-19)17-20-11-7-4-8-12-20/h3-15H,1,16-17H2,2H3. The first-order valence-electron chi connectivity index (χ1n) is 9.04. The van der Waals surface area contributed by atoms with Crippen molar-refractivity contribution >= 4 is 11.3 Å². The highest BCUT2D eigenvalue weighted by molar-refractivity contribution is 5.67. The van der Waals surface area contributed by atoms with Gasteiger partial charge in [-0.1, -0.05) is 72.8 Å². The van der Waals surface area contributed by atoms with Crippen molar-refractivity contribution in [2.75, 3.05) is 4.90 Å². The minimum absolute atomic E-state index is 0.496. The molecule has 0 aliphatic carbocycles. The van der Waals surface area contributed by atoms with Crippen LogP contribution in [0.1, 0.15) is 29.2 Å². The molecule has 0 bridgehead atoms. The third-order valence-electron chi connectivity index (χ3n) is 4.54. The van der Waals surface area contributed by atoms with Gasteiger partial charge in [0.25, 0.3) is 0 Å². The fourth-order valence-corrected chi connectivity index (χ4v) is 3.05. The number of anilines is 1. The second-order valence-corrected chi connectivity index (χ2v) is 6.87. The monoisotopic (exact) mass is 381 g/mol. The Morgan fingerprint density at radius 3 is 1.75 bits per heavy atom. The summed E-state index contributed by atoms with van der Waals surface area (Å²) in [6, 6.07) is 23.7. The number of hydrogen-bond acceptors (Lipinski definition) is 1. The van der Waals surface area contributed by atoms with Gasteiger partial charge in [-0.3, -0.25) is 0 Å². The highest BCUT2D eigenvalue weighted by atomic mass is 19.4. The fraction of sp³-hybridized carbons (Fsp3) is 0.167. The molecule has 0 aromatic heterocycles. The molecule has 4 heteroatoms.